The minimum atomic E-state index is -0.682. The van der Waals surface area contributed by atoms with Gasteiger partial charge in [-0.15, -0.1) is 0 Å². The van der Waals surface area contributed by atoms with Crippen LogP contribution >= 0.6 is 0 Å². The number of carbonyl (C=O) groups is 3. The van der Waals surface area contributed by atoms with Crippen LogP contribution in [-0.4, -0.2) is 42.8 Å². The highest BCUT2D eigenvalue weighted by molar-refractivity contribution is 6.04. The summed E-state index contributed by atoms with van der Waals surface area (Å²) in [5, 5.41) is 2.47. The third kappa shape index (κ3) is 2.12. The lowest BCUT2D eigenvalue weighted by atomic mass is 9.79. The van der Waals surface area contributed by atoms with E-state index < -0.39 is 5.41 Å². The van der Waals surface area contributed by atoms with E-state index in [4.69, 9.17) is 4.74 Å². The normalized spacial score (nSPS) is 31.2. The number of hydrogen-bond acceptors (Lipinski definition) is 4. The molecule has 2 fully saturated rings. The molecule has 3 aliphatic rings. The van der Waals surface area contributed by atoms with Gasteiger partial charge in [-0.25, -0.2) is 0 Å². The quantitative estimate of drug-likeness (QED) is 0.840. The molecule has 2 aliphatic heterocycles. The average Bonchev–Trinajstić information content (AvgIpc) is 3.37. The molecule has 1 saturated heterocycles. The van der Waals surface area contributed by atoms with Gasteiger partial charge in [-0.1, -0.05) is 0 Å². The van der Waals surface area contributed by atoms with Gasteiger partial charge in [0.1, 0.15) is 5.75 Å². The summed E-state index contributed by atoms with van der Waals surface area (Å²) in [6.07, 6.45) is 1.48. The van der Waals surface area contributed by atoms with Gasteiger partial charge in [0.15, 0.2) is 0 Å². The zero-order chi connectivity index (χ0) is 17.1. The van der Waals surface area contributed by atoms with Gasteiger partial charge in [-0.2, -0.15) is 0 Å². The molecule has 6 nitrogen and oxygen atoms in total. The highest BCUT2D eigenvalue weighted by Crippen LogP contribution is 2.54. The average molecular weight is 328 g/mol. The van der Waals surface area contributed by atoms with Crippen LogP contribution in [0.15, 0.2) is 18.2 Å². The second-order valence-electron chi connectivity index (χ2n) is 7.18. The van der Waals surface area contributed by atoms with Crippen molar-refractivity contribution < 1.29 is 19.1 Å². The van der Waals surface area contributed by atoms with Crippen molar-refractivity contribution >= 4 is 17.7 Å². The standard InChI is InChI=1S/C18H20N2O4/c1-18(14-8-13(14)15(21)19-17(18)23)9-20-6-5-10-7-11(24-2)3-4-12(10)16(20)22/h3-4,7,13-14H,5-6,8-9H2,1-2H3,(H,19,21,23). The van der Waals surface area contributed by atoms with E-state index in [1.807, 2.05) is 13.0 Å². The summed E-state index contributed by atoms with van der Waals surface area (Å²) in [6.45, 7) is 2.81. The maximum Gasteiger partial charge on any atom is 0.254 e. The Kier molecular flexibility index (Phi) is 3.20. The predicted octanol–water partition coefficient (Wildman–Crippen LogP) is 0.992. The first-order valence-corrected chi connectivity index (χ1v) is 8.25. The van der Waals surface area contributed by atoms with E-state index in [9.17, 15) is 14.4 Å². The molecule has 1 aliphatic carbocycles. The van der Waals surface area contributed by atoms with Gasteiger partial charge < -0.3 is 9.64 Å². The van der Waals surface area contributed by atoms with Crippen molar-refractivity contribution in [2.45, 2.75) is 19.8 Å². The van der Waals surface area contributed by atoms with Crippen LogP contribution < -0.4 is 10.1 Å². The summed E-state index contributed by atoms with van der Waals surface area (Å²) in [5.74, 6) is 0.271. The van der Waals surface area contributed by atoms with Gasteiger partial charge in [0, 0.05) is 24.6 Å². The number of nitrogens with zero attached hydrogens (tertiary/aromatic N) is 1. The van der Waals surface area contributed by atoms with Crippen LogP contribution in [0.1, 0.15) is 29.3 Å². The topological polar surface area (TPSA) is 75.7 Å². The fraction of sp³-hybridized carbons (Fsp3) is 0.500. The third-order valence-electron chi connectivity index (χ3n) is 5.70. The maximum absolute atomic E-state index is 12.8. The number of imide groups is 1. The van der Waals surface area contributed by atoms with Crippen LogP contribution in [0.4, 0.5) is 0 Å². The summed E-state index contributed by atoms with van der Waals surface area (Å²) < 4.78 is 5.21. The lowest BCUT2D eigenvalue weighted by Gasteiger charge is -2.38. The fourth-order valence-electron chi connectivity index (χ4n) is 4.08. The minimum Gasteiger partial charge on any atom is -0.497 e. The number of methoxy groups -OCH3 is 1. The number of benzene rings is 1. The number of nitrogens with one attached hydrogen (secondary N) is 1. The minimum absolute atomic E-state index is 0.0537. The van der Waals surface area contributed by atoms with Gasteiger partial charge in [-0.3, -0.25) is 19.7 Å². The summed E-state index contributed by atoms with van der Waals surface area (Å²) in [4.78, 5) is 38.6. The molecule has 3 amide bonds. The summed E-state index contributed by atoms with van der Waals surface area (Å²) >= 11 is 0. The molecule has 1 N–H and O–H groups in total. The van der Waals surface area contributed by atoms with E-state index in [2.05, 4.69) is 5.32 Å². The van der Waals surface area contributed by atoms with E-state index >= 15 is 0 Å². The Morgan fingerprint density at radius 2 is 2.12 bits per heavy atom. The molecule has 2 heterocycles. The molecule has 0 spiro atoms. The van der Waals surface area contributed by atoms with Crippen molar-refractivity contribution in [2.24, 2.45) is 17.3 Å². The van der Waals surface area contributed by atoms with E-state index in [1.54, 1.807) is 24.1 Å². The lowest BCUT2D eigenvalue weighted by molar-refractivity contribution is -0.142. The van der Waals surface area contributed by atoms with Crippen molar-refractivity contribution in [1.29, 1.82) is 0 Å². The number of hydrogen-bond donors (Lipinski definition) is 1. The van der Waals surface area contributed by atoms with Crippen LogP contribution in [-0.2, 0) is 16.0 Å². The first kappa shape index (κ1) is 15.2. The lowest BCUT2D eigenvalue weighted by Crippen LogP contribution is -2.55. The van der Waals surface area contributed by atoms with Crippen molar-refractivity contribution in [3.8, 4) is 5.75 Å². The van der Waals surface area contributed by atoms with E-state index in [0.29, 0.717) is 18.7 Å². The van der Waals surface area contributed by atoms with Crippen molar-refractivity contribution in [1.82, 2.24) is 10.2 Å². The summed E-state index contributed by atoms with van der Waals surface area (Å²) in [6, 6.07) is 5.47. The molecule has 24 heavy (non-hydrogen) atoms. The monoisotopic (exact) mass is 328 g/mol. The molecule has 126 valence electrons. The highest BCUT2D eigenvalue weighted by atomic mass is 16.5. The number of ether oxygens (including phenoxy) is 1. The molecule has 1 aromatic carbocycles. The molecule has 4 rings (SSSR count). The second kappa shape index (κ2) is 5.06. The fourth-order valence-corrected chi connectivity index (χ4v) is 4.08. The number of fused-ring (bicyclic) bond motifs is 2. The smallest absolute Gasteiger partial charge is 0.254 e. The first-order valence-electron chi connectivity index (χ1n) is 8.25. The van der Waals surface area contributed by atoms with E-state index in [1.165, 1.54) is 0 Å². The van der Waals surface area contributed by atoms with Gasteiger partial charge in [0.25, 0.3) is 5.91 Å². The molecule has 1 aromatic rings. The Morgan fingerprint density at radius 1 is 1.33 bits per heavy atom. The molecule has 1 saturated carbocycles. The Bertz CT molecular complexity index is 759. The number of piperidine rings is 1. The van der Waals surface area contributed by atoms with Crippen molar-refractivity contribution in [3.05, 3.63) is 29.3 Å². The SMILES string of the molecule is COc1ccc2c(c1)CCN(CC1(C)C(=O)NC(=O)C3CC31)C2=O. The van der Waals surface area contributed by atoms with Crippen molar-refractivity contribution in [3.63, 3.8) is 0 Å². The molecule has 3 atom stereocenters. The Balaban J connectivity index is 1.57. The number of carbonyl (C=O) groups excluding carboxylic acids is 3. The zero-order valence-electron chi connectivity index (χ0n) is 13.8. The van der Waals surface area contributed by atoms with Gasteiger partial charge in [0.2, 0.25) is 11.8 Å². The van der Waals surface area contributed by atoms with Crippen LogP contribution in [0.5, 0.6) is 5.75 Å². The van der Waals surface area contributed by atoms with Gasteiger partial charge in [-0.05, 0) is 49.4 Å². The Hall–Kier alpha value is -2.37. The first-order chi connectivity index (χ1) is 11.4. The number of rotatable bonds is 3. The molecular formula is C18H20N2O4. The predicted molar refractivity (Wildman–Crippen MR) is 85.5 cm³/mol. The second-order valence-corrected chi connectivity index (χ2v) is 7.18. The summed E-state index contributed by atoms with van der Waals surface area (Å²) in [5.41, 5.74) is 0.969. The largest absolute Gasteiger partial charge is 0.497 e. The number of amides is 3. The molecule has 0 aromatic heterocycles. The molecule has 0 radical (unpaired) electrons. The molecule has 6 heteroatoms. The molecule has 0 bridgehead atoms. The van der Waals surface area contributed by atoms with Crippen LogP contribution in [0.2, 0.25) is 0 Å². The zero-order valence-corrected chi connectivity index (χ0v) is 13.8. The van der Waals surface area contributed by atoms with Crippen LogP contribution in [0.3, 0.4) is 0 Å². The van der Waals surface area contributed by atoms with Crippen LogP contribution in [0, 0.1) is 17.3 Å². The van der Waals surface area contributed by atoms with Crippen molar-refractivity contribution in [2.75, 3.05) is 20.2 Å². The summed E-state index contributed by atoms with van der Waals surface area (Å²) in [7, 11) is 1.61. The maximum atomic E-state index is 12.8. The molecule has 3 unspecified atom stereocenters. The van der Waals surface area contributed by atoms with E-state index in [-0.39, 0.29) is 29.6 Å². The Morgan fingerprint density at radius 3 is 2.88 bits per heavy atom. The molecular weight excluding hydrogens is 308 g/mol. The van der Waals surface area contributed by atoms with Gasteiger partial charge in [0.05, 0.1) is 12.5 Å². The van der Waals surface area contributed by atoms with Gasteiger partial charge >= 0.3 is 0 Å². The highest BCUT2D eigenvalue weighted by Gasteiger charge is 2.61. The van der Waals surface area contributed by atoms with Crippen LogP contribution in [0.25, 0.3) is 0 Å². The third-order valence-corrected chi connectivity index (χ3v) is 5.70. The Labute approximate surface area is 140 Å². The van der Waals surface area contributed by atoms with E-state index in [0.717, 1.165) is 24.2 Å².